The van der Waals surface area contributed by atoms with E-state index in [0.717, 1.165) is 28.3 Å². The van der Waals surface area contributed by atoms with E-state index in [1.807, 2.05) is 25.1 Å². The molecule has 0 heterocycles. The average Bonchev–Trinajstić information content (AvgIpc) is 2.30. The lowest BCUT2D eigenvalue weighted by molar-refractivity contribution is 0.0948. The number of nitrogens with one attached hydrogen (secondary N) is 1. The van der Waals surface area contributed by atoms with E-state index >= 15 is 0 Å². The van der Waals surface area contributed by atoms with Crippen LogP contribution in [0.2, 0.25) is 0 Å². The van der Waals surface area contributed by atoms with Gasteiger partial charge in [0.1, 0.15) is 0 Å². The van der Waals surface area contributed by atoms with Crippen LogP contribution in [0.15, 0.2) is 22.7 Å². The van der Waals surface area contributed by atoms with Gasteiger partial charge in [0, 0.05) is 21.9 Å². The molecule has 1 amide bonds. The molecule has 17 heavy (non-hydrogen) atoms. The van der Waals surface area contributed by atoms with Crippen molar-refractivity contribution in [2.24, 2.45) is 5.92 Å². The monoisotopic (exact) mass is 361 g/mol. The normalized spacial score (nSPS) is 12.2. The molecule has 0 aliphatic rings. The highest BCUT2D eigenvalue weighted by Gasteiger charge is 2.08. The Morgan fingerprint density at radius 3 is 2.76 bits per heavy atom. The SMILES string of the molecule is Cc1ccc(C(=O)NCC(C)CCBr)cc1Br. The van der Waals surface area contributed by atoms with Crippen molar-refractivity contribution in [3.05, 3.63) is 33.8 Å². The number of carbonyl (C=O) groups excluding carboxylic acids is 1. The summed E-state index contributed by atoms with van der Waals surface area (Å²) in [4.78, 5) is 11.9. The fourth-order valence-electron chi connectivity index (χ4n) is 1.39. The third kappa shape index (κ3) is 4.80. The molecule has 0 radical (unpaired) electrons. The number of carbonyl (C=O) groups is 1. The Morgan fingerprint density at radius 1 is 1.47 bits per heavy atom. The van der Waals surface area contributed by atoms with E-state index < -0.39 is 0 Å². The Morgan fingerprint density at radius 2 is 2.18 bits per heavy atom. The molecule has 1 rings (SSSR count). The Balaban J connectivity index is 2.55. The molecular weight excluding hydrogens is 346 g/mol. The summed E-state index contributed by atoms with van der Waals surface area (Å²) in [6.07, 6.45) is 1.07. The molecule has 0 aliphatic carbocycles. The van der Waals surface area contributed by atoms with Crippen LogP contribution in [0.1, 0.15) is 29.3 Å². The van der Waals surface area contributed by atoms with Crippen LogP contribution in [0.3, 0.4) is 0 Å². The molecule has 4 heteroatoms. The van der Waals surface area contributed by atoms with Gasteiger partial charge in [0.25, 0.3) is 5.91 Å². The van der Waals surface area contributed by atoms with E-state index in [-0.39, 0.29) is 5.91 Å². The third-order valence-electron chi connectivity index (χ3n) is 2.65. The van der Waals surface area contributed by atoms with E-state index in [1.54, 1.807) is 0 Å². The molecule has 1 aromatic rings. The summed E-state index contributed by atoms with van der Waals surface area (Å²) < 4.78 is 0.971. The summed E-state index contributed by atoms with van der Waals surface area (Å²) in [6, 6.07) is 5.66. The van der Waals surface area contributed by atoms with Crippen LogP contribution in [0.5, 0.6) is 0 Å². The molecule has 0 aromatic heterocycles. The molecule has 1 N–H and O–H groups in total. The number of rotatable bonds is 5. The molecule has 0 bridgehead atoms. The van der Waals surface area contributed by atoms with Crippen molar-refractivity contribution in [1.29, 1.82) is 0 Å². The van der Waals surface area contributed by atoms with E-state index in [2.05, 4.69) is 44.1 Å². The first kappa shape index (κ1) is 14.7. The van der Waals surface area contributed by atoms with E-state index in [9.17, 15) is 4.79 Å². The second kappa shape index (κ2) is 7.17. The van der Waals surface area contributed by atoms with Crippen LogP contribution < -0.4 is 5.32 Å². The minimum atomic E-state index is -0.00729. The van der Waals surface area contributed by atoms with Gasteiger partial charge >= 0.3 is 0 Å². The van der Waals surface area contributed by atoms with Crippen LogP contribution in [0, 0.1) is 12.8 Å². The Bertz CT molecular complexity index is 393. The molecule has 0 spiro atoms. The van der Waals surface area contributed by atoms with Crippen LogP contribution in [-0.4, -0.2) is 17.8 Å². The Hall–Kier alpha value is -0.350. The zero-order valence-electron chi connectivity index (χ0n) is 10.1. The summed E-state index contributed by atoms with van der Waals surface area (Å²) >= 11 is 6.83. The summed E-state index contributed by atoms with van der Waals surface area (Å²) in [6.45, 7) is 4.85. The second-order valence-corrected chi connectivity index (χ2v) is 5.90. The first-order valence-corrected chi connectivity index (χ1v) is 7.56. The molecule has 1 atom stereocenters. The maximum atomic E-state index is 11.9. The number of hydrogen-bond donors (Lipinski definition) is 1. The van der Waals surface area contributed by atoms with E-state index in [0.29, 0.717) is 11.5 Å². The number of alkyl halides is 1. The lowest BCUT2D eigenvalue weighted by atomic mass is 10.1. The van der Waals surface area contributed by atoms with E-state index in [4.69, 9.17) is 0 Å². The number of halogens is 2. The Labute approximate surface area is 119 Å². The molecule has 1 aromatic carbocycles. The van der Waals surface area contributed by atoms with Crippen molar-refractivity contribution >= 4 is 37.8 Å². The van der Waals surface area contributed by atoms with Gasteiger partial charge in [-0.2, -0.15) is 0 Å². The highest BCUT2D eigenvalue weighted by molar-refractivity contribution is 9.10. The van der Waals surface area contributed by atoms with Crippen molar-refractivity contribution in [2.75, 3.05) is 11.9 Å². The third-order valence-corrected chi connectivity index (χ3v) is 3.96. The predicted octanol–water partition coefficient (Wildman–Crippen LogP) is 3.91. The fourth-order valence-corrected chi connectivity index (χ4v) is 2.55. The molecular formula is C13H17Br2NO. The second-order valence-electron chi connectivity index (χ2n) is 4.26. The van der Waals surface area contributed by atoms with Gasteiger partial charge in [0.05, 0.1) is 0 Å². The minimum Gasteiger partial charge on any atom is -0.352 e. The number of hydrogen-bond acceptors (Lipinski definition) is 1. The lowest BCUT2D eigenvalue weighted by Crippen LogP contribution is -2.28. The average molecular weight is 363 g/mol. The largest absolute Gasteiger partial charge is 0.352 e. The standard InChI is InChI=1S/C13H17Br2NO/c1-9(5-6-14)8-16-13(17)11-4-3-10(2)12(15)7-11/h3-4,7,9H,5-6,8H2,1-2H3,(H,16,17). The fraction of sp³-hybridized carbons (Fsp3) is 0.462. The van der Waals surface area contributed by atoms with Gasteiger partial charge in [-0.05, 0) is 37.0 Å². The minimum absolute atomic E-state index is 0.00729. The maximum absolute atomic E-state index is 11.9. The van der Waals surface area contributed by atoms with Crippen LogP contribution >= 0.6 is 31.9 Å². The first-order chi connectivity index (χ1) is 8.04. The molecule has 0 saturated carbocycles. The summed E-state index contributed by atoms with van der Waals surface area (Å²) in [5.41, 5.74) is 1.84. The molecule has 0 aliphatic heterocycles. The van der Waals surface area contributed by atoms with Crippen molar-refractivity contribution in [3.63, 3.8) is 0 Å². The molecule has 2 nitrogen and oxygen atoms in total. The van der Waals surface area contributed by atoms with Crippen LogP contribution in [-0.2, 0) is 0 Å². The molecule has 1 unspecified atom stereocenters. The topological polar surface area (TPSA) is 29.1 Å². The quantitative estimate of drug-likeness (QED) is 0.790. The molecule has 94 valence electrons. The summed E-state index contributed by atoms with van der Waals surface area (Å²) in [7, 11) is 0. The van der Waals surface area contributed by atoms with Crippen LogP contribution in [0.25, 0.3) is 0 Å². The van der Waals surface area contributed by atoms with Crippen molar-refractivity contribution in [1.82, 2.24) is 5.32 Å². The Kier molecular flexibility index (Phi) is 6.20. The number of benzene rings is 1. The van der Waals surface area contributed by atoms with Crippen LogP contribution in [0.4, 0.5) is 0 Å². The summed E-state index contributed by atoms with van der Waals surface area (Å²) in [5, 5.41) is 3.92. The predicted molar refractivity (Wildman–Crippen MR) is 78.8 cm³/mol. The van der Waals surface area contributed by atoms with E-state index in [1.165, 1.54) is 0 Å². The molecule has 0 saturated heterocycles. The van der Waals surface area contributed by atoms with Crippen molar-refractivity contribution in [3.8, 4) is 0 Å². The van der Waals surface area contributed by atoms with Crippen molar-refractivity contribution < 1.29 is 4.79 Å². The number of amides is 1. The maximum Gasteiger partial charge on any atom is 0.251 e. The van der Waals surface area contributed by atoms with Gasteiger partial charge < -0.3 is 5.32 Å². The zero-order valence-corrected chi connectivity index (χ0v) is 13.3. The van der Waals surface area contributed by atoms with Gasteiger partial charge in [-0.3, -0.25) is 4.79 Å². The summed E-state index contributed by atoms with van der Waals surface area (Å²) in [5.74, 6) is 0.485. The highest BCUT2D eigenvalue weighted by Crippen LogP contribution is 2.17. The lowest BCUT2D eigenvalue weighted by Gasteiger charge is -2.11. The number of aryl methyl sites for hydroxylation is 1. The van der Waals surface area contributed by atoms with Crippen molar-refractivity contribution in [2.45, 2.75) is 20.3 Å². The zero-order chi connectivity index (χ0) is 12.8. The van der Waals surface area contributed by atoms with Gasteiger partial charge in [-0.1, -0.05) is 44.8 Å². The van der Waals surface area contributed by atoms with Gasteiger partial charge in [0.15, 0.2) is 0 Å². The molecule has 0 fully saturated rings. The van der Waals surface area contributed by atoms with Gasteiger partial charge in [-0.25, -0.2) is 0 Å². The smallest absolute Gasteiger partial charge is 0.251 e. The highest BCUT2D eigenvalue weighted by atomic mass is 79.9. The first-order valence-electron chi connectivity index (χ1n) is 5.65. The van der Waals surface area contributed by atoms with Gasteiger partial charge in [0.2, 0.25) is 0 Å². The van der Waals surface area contributed by atoms with Gasteiger partial charge in [-0.15, -0.1) is 0 Å².